The Morgan fingerprint density at radius 2 is 1.62 bits per heavy atom. The van der Waals surface area contributed by atoms with Gasteiger partial charge >= 0.3 is 0 Å². The summed E-state index contributed by atoms with van der Waals surface area (Å²) in [6.45, 7) is 7.02. The van der Waals surface area contributed by atoms with E-state index in [1.54, 1.807) is 12.1 Å². The molecule has 0 aliphatic carbocycles. The lowest BCUT2D eigenvalue weighted by atomic mass is 9.86. The first-order valence-corrected chi connectivity index (χ1v) is 9.28. The summed E-state index contributed by atoms with van der Waals surface area (Å²) in [5, 5.41) is 0. The van der Waals surface area contributed by atoms with Gasteiger partial charge in [-0.2, -0.15) is 0 Å². The minimum atomic E-state index is -3.72. The SMILES string of the molecule is CC(C)(C)c1ccccc1NS(=O)(=O)c1ccc2c(c1)OCCO2. The molecule has 1 N–H and O–H groups in total. The van der Waals surface area contributed by atoms with Gasteiger partial charge in [0.05, 0.1) is 10.6 Å². The maximum absolute atomic E-state index is 12.8. The molecule has 0 amide bonds. The van der Waals surface area contributed by atoms with Gasteiger partial charge in [0, 0.05) is 6.07 Å². The largest absolute Gasteiger partial charge is 0.486 e. The van der Waals surface area contributed by atoms with Gasteiger partial charge < -0.3 is 9.47 Å². The maximum atomic E-state index is 12.8. The Kier molecular flexibility index (Phi) is 4.17. The highest BCUT2D eigenvalue weighted by Crippen LogP contribution is 2.34. The molecule has 0 saturated carbocycles. The zero-order valence-electron chi connectivity index (χ0n) is 14.0. The Bertz CT molecular complexity index is 854. The molecule has 24 heavy (non-hydrogen) atoms. The predicted octanol–water partition coefficient (Wildman–Crippen LogP) is 3.56. The van der Waals surface area contributed by atoms with Crippen molar-refractivity contribution in [1.82, 2.24) is 0 Å². The zero-order valence-corrected chi connectivity index (χ0v) is 14.8. The highest BCUT2D eigenvalue weighted by molar-refractivity contribution is 7.92. The minimum Gasteiger partial charge on any atom is -0.486 e. The molecule has 1 aliphatic rings. The van der Waals surface area contributed by atoms with Crippen LogP contribution in [0.5, 0.6) is 11.5 Å². The third-order valence-electron chi connectivity index (χ3n) is 3.80. The van der Waals surface area contributed by atoms with Gasteiger partial charge in [-0.1, -0.05) is 39.0 Å². The summed E-state index contributed by atoms with van der Waals surface area (Å²) in [7, 11) is -3.72. The molecule has 0 atom stereocenters. The van der Waals surface area contributed by atoms with Crippen molar-refractivity contribution in [2.75, 3.05) is 17.9 Å². The van der Waals surface area contributed by atoms with E-state index in [4.69, 9.17) is 9.47 Å². The van der Waals surface area contributed by atoms with E-state index in [1.165, 1.54) is 12.1 Å². The van der Waals surface area contributed by atoms with E-state index >= 15 is 0 Å². The summed E-state index contributed by atoms with van der Waals surface area (Å²) in [6.07, 6.45) is 0. The fraction of sp³-hybridized carbons (Fsp3) is 0.333. The van der Waals surface area contributed by atoms with E-state index in [1.807, 2.05) is 39.0 Å². The Hall–Kier alpha value is -2.21. The molecule has 0 unspecified atom stereocenters. The topological polar surface area (TPSA) is 64.6 Å². The lowest BCUT2D eigenvalue weighted by Crippen LogP contribution is -2.20. The van der Waals surface area contributed by atoms with Crippen LogP contribution >= 0.6 is 0 Å². The summed E-state index contributed by atoms with van der Waals surface area (Å²) in [4.78, 5) is 0.149. The average Bonchev–Trinajstić information content (AvgIpc) is 2.53. The number of rotatable bonds is 3. The maximum Gasteiger partial charge on any atom is 0.262 e. The molecule has 2 aromatic rings. The Labute approximate surface area is 142 Å². The van der Waals surface area contributed by atoms with Crippen LogP contribution in [0.15, 0.2) is 47.4 Å². The molecule has 2 aromatic carbocycles. The molecule has 5 nitrogen and oxygen atoms in total. The first kappa shape index (κ1) is 16.6. The Morgan fingerprint density at radius 1 is 0.958 bits per heavy atom. The molecule has 3 rings (SSSR count). The van der Waals surface area contributed by atoms with Crippen molar-refractivity contribution in [1.29, 1.82) is 0 Å². The first-order chi connectivity index (χ1) is 11.3. The molecule has 0 aromatic heterocycles. The van der Waals surface area contributed by atoms with E-state index in [0.29, 0.717) is 30.4 Å². The minimum absolute atomic E-state index is 0.149. The number of ether oxygens (including phenoxy) is 2. The van der Waals surface area contributed by atoms with Crippen molar-refractivity contribution < 1.29 is 17.9 Å². The Morgan fingerprint density at radius 3 is 2.33 bits per heavy atom. The monoisotopic (exact) mass is 347 g/mol. The summed E-state index contributed by atoms with van der Waals surface area (Å²) in [6, 6.07) is 12.1. The second-order valence-electron chi connectivity index (χ2n) is 6.71. The summed E-state index contributed by atoms with van der Waals surface area (Å²) < 4.78 is 39.1. The van der Waals surface area contributed by atoms with Gasteiger partial charge in [0.25, 0.3) is 10.0 Å². The number of fused-ring (bicyclic) bond motifs is 1. The van der Waals surface area contributed by atoms with Crippen LogP contribution in [0, 0.1) is 0 Å². The van der Waals surface area contributed by atoms with Crippen LogP contribution < -0.4 is 14.2 Å². The molecular weight excluding hydrogens is 326 g/mol. The van der Waals surface area contributed by atoms with Gasteiger partial charge in [-0.05, 0) is 29.2 Å². The van der Waals surface area contributed by atoms with Crippen LogP contribution in [0.4, 0.5) is 5.69 Å². The standard InChI is InChI=1S/C18H21NO4S/c1-18(2,3)14-6-4-5-7-15(14)19-24(20,21)13-8-9-16-17(12-13)23-11-10-22-16/h4-9,12,19H,10-11H2,1-3H3. The van der Waals surface area contributed by atoms with Crippen molar-refractivity contribution in [2.24, 2.45) is 0 Å². The molecule has 0 saturated heterocycles. The van der Waals surface area contributed by atoms with Gasteiger partial charge in [-0.3, -0.25) is 4.72 Å². The molecule has 0 radical (unpaired) electrons. The molecule has 128 valence electrons. The summed E-state index contributed by atoms with van der Waals surface area (Å²) >= 11 is 0. The van der Waals surface area contributed by atoms with Crippen molar-refractivity contribution >= 4 is 15.7 Å². The molecule has 0 bridgehead atoms. The number of nitrogens with one attached hydrogen (secondary N) is 1. The number of benzene rings is 2. The van der Waals surface area contributed by atoms with Crippen LogP contribution in [-0.2, 0) is 15.4 Å². The van der Waals surface area contributed by atoms with E-state index in [9.17, 15) is 8.42 Å². The third-order valence-corrected chi connectivity index (χ3v) is 5.17. The second-order valence-corrected chi connectivity index (χ2v) is 8.39. The lowest BCUT2D eigenvalue weighted by molar-refractivity contribution is 0.171. The van der Waals surface area contributed by atoms with E-state index in [0.717, 1.165) is 5.56 Å². The van der Waals surface area contributed by atoms with Crippen molar-refractivity contribution in [3.8, 4) is 11.5 Å². The highest BCUT2D eigenvalue weighted by atomic mass is 32.2. The third kappa shape index (κ3) is 3.33. The van der Waals surface area contributed by atoms with Gasteiger partial charge in [0.15, 0.2) is 11.5 Å². The highest BCUT2D eigenvalue weighted by Gasteiger charge is 2.23. The Balaban J connectivity index is 1.96. The number of anilines is 1. The van der Waals surface area contributed by atoms with Crippen molar-refractivity contribution in [3.05, 3.63) is 48.0 Å². The summed E-state index contributed by atoms with van der Waals surface area (Å²) in [5.74, 6) is 1.02. The molecule has 6 heteroatoms. The first-order valence-electron chi connectivity index (χ1n) is 7.79. The molecule has 1 aliphatic heterocycles. The van der Waals surface area contributed by atoms with Crippen LogP contribution in [0.1, 0.15) is 26.3 Å². The van der Waals surface area contributed by atoms with Gasteiger partial charge in [0.2, 0.25) is 0 Å². The molecular formula is C18H21NO4S. The van der Waals surface area contributed by atoms with Gasteiger partial charge in [-0.25, -0.2) is 8.42 Å². The smallest absolute Gasteiger partial charge is 0.262 e. The van der Waals surface area contributed by atoms with Crippen molar-refractivity contribution in [3.63, 3.8) is 0 Å². The number of hydrogen-bond donors (Lipinski definition) is 1. The fourth-order valence-corrected chi connectivity index (χ4v) is 3.72. The zero-order chi connectivity index (χ0) is 17.4. The van der Waals surface area contributed by atoms with E-state index in [-0.39, 0.29) is 10.3 Å². The second kappa shape index (κ2) is 6.02. The van der Waals surface area contributed by atoms with E-state index in [2.05, 4.69) is 4.72 Å². The molecule has 0 spiro atoms. The van der Waals surface area contributed by atoms with Gasteiger partial charge in [-0.15, -0.1) is 0 Å². The van der Waals surface area contributed by atoms with E-state index < -0.39 is 10.0 Å². The van der Waals surface area contributed by atoms with Crippen molar-refractivity contribution in [2.45, 2.75) is 31.1 Å². The predicted molar refractivity (Wildman–Crippen MR) is 93.4 cm³/mol. The summed E-state index contributed by atoms with van der Waals surface area (Å²) in [5.41, 5.74) is 1.34. The van der Waals surface area contributed by atoms with Gasteiger partial charge in [0.1, 0.15) is 13.2 Å². The van der Waals surface area contributed by atoms with Crippen LogP contribution in [0.2, 0.25) is 0 Å². The quantitative estimate of drug-likeness (QED) is 0.922. The molecule has 0 fully saturated rings. The fourth-order valence-electron chi connectivity index (χ4n) is 2.62. The number of para-hydroxylation sites is 1. The van der Waals surface area contributed by atoms with Crippen LogP contribution in [0.3, 0.4) is 0 Å². The lowest BCUT2D eigenvalue weighted by Gasteiger charge is -2.23. The number of hydrogen-bond acceptors (Lipinski definition) is 4. The normalized spacial score (nSPS) is 14.3. The van der Waals surface area contributed by atoms with Crippen LogP contribution in [-0.4, -0.2) is 21.6 Å². The average molecular weight is 347 g/mol. The van der Waals surface area contributed by atoms with Crippen LogP contribution in [0.25, 0.3) is 0 Å². The number of sulfonamides is 1. The molecule has 1 heterocycles.